The largest absolute Gasteiger partial charge is 0.497 e. The van der Waals surface area contributed by atoms with E-state index in [2.05, 4.69) is 4.98 Å². The van der Waals surface area contributed by atoms with Gasteiger partial charge in [-0.1, -0.05) is 11.6 Å². The molecule has 0 radical (unpaired) electrons. The van der Waals surface area contributed by atoms with Crippen LogP contribution in [0.25, 0.3) is 10.9 Å². The van der Waals surface area contributed by atoms with Gasteiger partial charge >= 0.3 is 5.97 Å². The fourth-order valence-corrected chi connectivity index (χ4v) is 3.21. The van der Waals surface area contributed by atoms with Crippen molar-refractivity contribution in [3.63, 3.8) is 0 Å². The second kappa shape index (κ2) is 9.54. The first-order chi connectivity index (χ1) is 14.5. The first kappa shape index (κ1) is 21.5. The van der Waals surface area contributed by atoms with Crippen molar-refractivity contribution >= 4 is 28.5 Å². The van der Waals surface area contributed by atoms with Gasteiger partial charge in [0.2, 0.25) is 5.75 Å². The predicted molar refractivity (Wildman–Crippen MR) is 113 cm³/mol. The minimum absolute atomic E-state index is 0.0110. The maximum absolute atomic E-state index is 12.4. The first-order valence-corrected chi connectivity index (χ1v) is 9.44. The second-order valence-corrected chi connectivity index (χ2v) is 6.73. The van der Waals surface area contributed by atoms with Gasteiger partial charge in [-0.3, -0.25) is 4.79 Å². The number of ether oxygens (including phenoxy) is 5. The third-order valence-electron chi connectivity index (χ3n) is 4.51. The van der Waals surface area contributed by atoms with E-state index in [1.807, 2.05) is 18.2 Å². The van der Waals surface area contributed by atoms with Gasteiger partial charge in [0.05, 0.1) is 40.4 Å². The van der Waals surface area contributed by atoms with Gasteiger partial charge in [-0.2, -0.15) is 0 Å². The van der Waals surface area contributed by atoms with Gasteiger partial charge in [0.25, 0.3) is 0 Å². The van der Waals surface area contributed by atoms with Gasteiger partial charge in [-0.15, -0.1) is 0 Å². The Morgan fingerprint density at radius 2 is 1.63 bits per heavy atom. The number of hydrogen-bond acceptors (Lipinski definition) is 7. The number of carbonyl (C=O) groups excluding carboxylic acids is 1. The minimum atomic E-state index is -0.421. The van der Waals surface area contributed by atoms with Crippen molar-refractivity contribution in [2.24, 2.45) is 0 Å². The number of aromatic nitrogens is 1. The maximum Gasteiger partial charge on any atom is 0.310 e. The van der Waals surface area contributed by atoms with Crippen LogP contribution in [0, 0.1) is 0 Å². The quantitative estimate of drug-likeness (QED) is 0.390. The van der Waals surface area contributed by atoms with E-state index >= 15 is 0 Å². The summed E-state index contributed by atoms with van der Waals surface area (Å²) in [6, 6.07) is 10.8. The predicted octanol–water partition coefficient (Wildman–Crippen LogP) is 4.21. The minimum Gasteiger partial charge on any atom is -0.497 e. The van der Waals surface area contributed by atoms with Gasteiger partial charge in [-0.25, -0.2) is 4.98 Å². The van der Waals surface area contributed by atoms with Crippen molar-refractivity contribution < 1.29 is 28.5 Å². The van der Waals surface area contributed by atoms with Gasteiger partial charge in [0.1, 0.15) is 17.5 Å². The molecule has 0 fully saturated rings. The summed E-state index contributed by atoms with van der Waals surface area (Å²) >= 11 is 6.26. The van der Waals surface area contributed by atoms with Crippen LogP contribution in [0.2, 0.25) is 5.15 Å². The van der Waals surface area contributed by atoms with Crippen LogP contribution in [-0.4, -0.2) is 39.4 Å². The van der Waals surface area contributed by atoms with Gasteiger partial charge in [0.15, 0.2) is 11.5 Å². The molecule has 3 aromatic rings. The molecule has 0 spiro atoms. The summed E-state index contributed by atoms with van der Waals surface area (Å²) in [5.74, 6) is 1.67. The summed E-state index contributed by atoms with van der Waals surface area (Å²) in [4.78, 5) is 16.7. The highest BCUT2D eigenvalue weighted by Gasteiger charge is 2.16. The summed E-state index contributed by atoms with van der Waals surface area (Å²) in [5.41, 5.74) is 1.99. The molecule has 7 nitrogen and oxygen atoms in total. The first-order valence-electron chi connectivity index (χ1n) is 9.06. The molecule has 1 heterocycles. The monoisotopic (exact) mass is 431 g/mol. The number of carbonyl (C=O) groups is 1. The Morgan fingerprint density at radius 1 is 0.933 bits per heavy atom. The summed E-state index contributed by atoms with van der Waals surface area (Å²) in [5, 5.41) is 1.15. The Morgan fingerprint density at radius 3 is 2.23 bits per heavy atom. The number of rotatable bonds is 8. The van der Waals surface area contributed by atoms with Crippen molar-refractivity contribution in [3.8, 4) is 23.0 Å². The molecular formula is C22H22ClNO6. The highest BCUT2D eigenvalue weighted by molar-refractivity contribution is 6.30. The van der Waals surface area contributed by atoms with E-state index in [0.29, 0.717) is 39.6 Å². The number of fused-ring (bicyclic) bond motifs is 1. The Kier molecular flexibility index (Phi) is 6.84. The molecule has 0 atom stereocenters. The van der Waals surface area contributed by atoms with Crippen molar-refractivity contribution in [1.29, 1.82) is 0 Å². The fourth-order valence-electron chi connectivity index (χ4n) is 3.01. The molecule has 2 aromatic carbocycles. The number of halogens is 1. The van der Waals surface area contributed by atoms with Gasteiger partial charge in [0, 0.05) is 17.0 Å². The smallest absolute Gasteiger partial charge is 0.310 e. The second-order valence-electron chi connectivity index (χ2n) is 6.37. The Labute approximate surface area is 179 Å². The molecule has 158 valence electrons. The molecule has 8 heteroatoms. The van der Waals surface area contributed by atoms with Crippen molar-refractivity contribution in [2.45, 2.75) is 13.0 Å². The van der Waals surface area contributed by atoms with E-state index in [0.717, 1.165) is 5.39 Å². The number of benzene rings is 2. The molecule has 0 saturated carbocycles. The SMILES string of the molecule is COc1ccc2cc(COC(=O)Cc3cc(OC)c(OC)c(OC)c3)c(Cl)nc2c1. The molecule has 3 rings (SSSR count). The topological polar surface area (TPSA) is 76.1 Å². The van der Waals surface area contributed by atoms with Crippen LogP contribution < -0.4 is 18.9 Å². The number of pyridine rings is 1. The number of esters is 1. The van der Waals surface area contributed by atoms with Crippen LogP contribution in [0.4, 0.5) is 0 Å². The van der Waals surface area contributed by atoms with Crippen LogP contribution in [-0.2, 0) is 22.6 Å². The molecule has 30 heavy (non-hydrogen) atoms. The van der Waals surface area contributed by atoms with E-state index in [-0.39, 0.29) is 18.2 Å². The highest BCUT2D eigenvalue weighted by Crippen LogP contribution is 2.38. The zero-order valence-electron chi connectivity index (χ0n) is 17.2. The lowest BCUT2D eigenvalue weighted by molar-refractivity contribution is -0.144. The highest BCUT2D eigenvalue weighted by atomic mass is 35.5. The van der Waals surface area contributed by atoms with Crippen LogP contribution in [0.3, 0.4) is 0 Å². The van der Waals surface area contributed by atoms with E-state index in [1.165, 1.54) is 21.3 Å². The zero-order valence-corrected chi connectivity index (χ0v) is 17.9. The summed E-state index contributed by atoms with van der Waals surface area (Å²) in [7, 11) is 6.14. The van der Waals surface area contributed by atoms with Crippen LogP contribution >= 0.6 is 11.6 Å². The molecule has 0 unspecified atom stereocenters. The van der Waals surface area contributed by atoms with Crippen LogP contribution in [0.5, 0.6) is 23.0 Å². The van der Waals surface area contributed by atoms with Crippen LogP contribution in [0.1, 0.15) is 11.1 Å². The van der Waals surface area contributed by atoms with Gasteiger partial charge < -0.3 is 23.7 Å². The van der Waals surface area contributed by atoms with Gasteiger partial charge in [-0.05, 0) is 35.9 Å². The molecule has 0 aliphatic rings. The van der Waals surface area contributed by atoms with E-state index < -0.39 is 5.97 Å². The average Bonchev–Trinajstić information content (AvgIpc) is 2.76. The lowest BCUT2D eigenvalue weighted by Crippen LogP contribution is -2.09. The Balaban J connectivity index is 1.72. The van der Waals surface area contributed by atoms with Crippen LogP contribution in [0.15, 0.2) is 36.4 Å². The molecule has 0 saturated heterocycles. The summed E-state index contributed by atoms with van der Waals surface area (Å²) < 4.78 is 26.5. The Bertz CT molecular complexity index is 1040. The molecule has 0 bridgehead atoms. The standard InChI is InChI=1S/C22H22ClNO6/c1-26-16-6-5-14-10-15(22(23)24-17(14)11-16)12-30-20(25)9-13-7-18(27-2)21(29-4)19(8-13)28-3/h5-8,10-11H,9,12H2,1-4H3. The van der Waals surface area contributed by atoms with Crippen molar-refractivity contribution in [2.75, 3.05) is 28.4 Å². The molecule has 0 amide bonds. The lowest BCUT2D eigenvalue weighted by Gasteiger charge is -2.14. The van der Waals surface area contributed by atoms with Crippen molar-refractivity contribution in [1.82, 2.24) is 4.98 Å². The molecular weight excluding hydrogens is 410 g/mol. The number of methoxy groups -OCH3 is 4. The lowest BCUT2D eigenvalue weighted by atomic mass is 10.1. The zero-order chi connectivity index (χ0) is 21.7. The third kappa shape index (κ3) is 4.68. The molecule has 0 aliphatic heterocycles. The number of nitrogens with zero attached hydrogens (tertiary/aromatic N) is 1. The molecule has 0 N–H and O–H groups in total. The normalized spacial score (nSPS) is 10.6. The van der Waals surface area contributed by atoms with E-state index in [1.54, 1.807) is 25.3 Å². The Hall–Kier alpha value is -3.19. The molecule has 0 aliphatic carbocycles. The van der Waals surface area contributed by atoms with Crippen molar-refractivity contribution in [3.05, 3.63) is 52.7 Å². The third-order valence-corrected chi connectivity index (χ3v) is 4.84. The van der Waals surface area contributed by atoms with E-state index in [9.17, 15) is 4.79 Å². The van der Waals surface area contributed by atoms with E-state index in [4.69, 9.17) is 35.3 Å². The summed E-state index contributed by atoms with van der Waals surface area (Å²) in [6.45, 7) is 0.0110. The average molecular weight is 432 g/mol. The molecule has 1 aromatic heterocycles. The summed E-state index contributed by atoms with van der Waals surface area (Å²) in [6.07, 6.45) is 0.0343. The fraction of sp³-hybridized carbons (Fsp3) is 0.273. The maximum atomic E-state index is 12.4. The number of hydrogen-bond donors (Lipinski definition) is 0.